The number of nitrogens with one attached hydrogen (secondary N) is 2. The molecule has 3 rings (SSSR count). The maximum atomic E-state index is 12.0. The second kappa shape index (κ2) is 7.24. The van der Waals surface area contributed by atoms with Gasteiger partial charge in [0.25, 0.3) is 11.6 Å². The Bertz CT molecular complexity index is 952. The largest absolute Gasteiger partial charge is 0.291 e. The molecule has 0 atom stereocenters. The van der Waals surface area contributed by atoms with Crippen molar-refractivity contribution in [2.75, 3.05) is 0 Å². The molecule has 2 heterocycles. The fraction of sp³-hybridized carbons (Fsp3) is 0. The van der Waals surface area contributed by atoms with E-state index in [9.17, 15) is 14.9 Å². The van der Waals surface area contributed by atoms with E-state index < -0.39 is 10.8 Å². The van der Waals surface area contributed by atoms with Crippen molar-refractivity contribution >= 4 is 40.7 Å². The number of aromatic amines is 1. The molecule has 0 radical (unpaired) electrons. The second-order valence-electron chi connectivity index (χ2n) is 4.81. The van der Waals surface area contributed by atoms with Gasteiger partial charge in [-0.05, 0) is 23.6 Å². The summed E-state index contributed by atoms with van der Waals surface area (Å²) in [6.45, 7) is 0. The lowest BCUT2D eigenvalue weighted by atomic mass is 10.2. The van der Waals surface area contributed by atoms with Gasteiger partial charge in [0, 0.05) is 22.7 Å². The fourth-order valence-corrected chi connectivity index (χ4v) is 2.82. The summed E-state index contributed by atoms with van der Waals surface area (Å²) >= 11 is 7.47. The minimum absolute atomic E-state index is 0.120. The highest BCUT2D eigenvalue weighted by atomic mass is 35.5. The van der Waals surface area contributed by atoms with Crippen LogP contribution in [0.2, 0.25) is 5.02 Å². The molecular formula is C15H10ClN5O3S. The van der Waals surface area contributed by atoms with Gasteiger partial charge in [0.2, 0.25) is 0 Å². The van der Waals surface area contributed by atoms with Gasteiger partial charge in [0.1, 0.15) is 0 Å². The maximum Gasteiger partial charge on any atom is 0.291 e. The van der Waals surface area contributed by atoms with E-state index in [1.165, 1.54) is 35.8 Å². The van der Waals surface area contributed by atoms with E-state index in [4.69, 9.17) is 11.6 Å². The van der Waals surface area contributed by atoms with Crippen molar-refractivity contribution in [3.63, 3.8) is 0 Å². The standard InChI is InChI=1S/C15H10ClN5O3S/c16-11-4-3-10(21(23)24)6-9(11)8-17-20-15(22)13-7-12(18-19-13)14-2-1-5-25-14/h1-8H,(H,18,19)(H,20,22)/b17-8+. The molecule has 1 amide bonds. The zero-order valence-corrected chi connectivity index (χ0v) is 14.0. The van der Waals surface area contributed by atoms with E-state index >= 15 is 0 Å². The molecule has 8 nitrogen and oxygen atoms in total. The molecule has 0 bridgehead atoms. The van der Waals surface area contributed by atoms with E-state index in [2.05, 4.69) is 20.7 Å². The highest BCUT2D eigenvalue weighted by Gasteiger charge is 2.12. The number of amides is 1. The fourth-order valence-electron chi connectivity index (χ4n) is 1.96. The molecule has 0 aliphatic carbocycles. The van der Waals surface area contributed by atoms with E-state index in [-0.39, 0.29) is 16.4 Å². The molecule has 2 aromatic heterocycles. The van der Waals surface area contributed by atoms with Gasteiger partial charge in [-0.1, -0.05) is 17.7 Å². The Morgan fingerprint density at radius 3 is 2.96 bits per heavy atom. The molecule has 10 heteroatoms. The number of nitro benzene ring substituents is 1. The minimum atomic E-state index is -0.540. The van der Waals surface area contributed by atoms with Crippen LogP contribution < -0.4 is 5.43 Å². The zero-order valence-electron chi connectivity index (χ0n) is 12.5. The lowest BCUT2D eigenvalue weighted by Crippen LogP contribution is -2.18. The van der Waals surface area contributed by atoms with Crippen LogP contribution >= 0.6 is 22.9 Å². The Balaban J connectivity index is 1.69. The first-order valence-corrected chi connectivity index (χ1v) is 8.17. The summed E-state index contributed by atoms with van der Waals surface area (Å²) < 4.78 is 0. The van der Waals surface area contributed by atoms with Crippen LogP contribution in [0.4, 0.5) is 5.69 Å². The van der Waals surface area contributed by atoms with Crippen LogP contribution in [0.3, 0.4) is 0 Å². The van der Waals surface area contributed by atoms with Crippen molar-refractivity contribution < 1.29 is 9.72 Å². The number of aromatic nitrogens is 2. The van der Waals surface area contributed by atoms with Crippen LogP contribution in [0.25, 0.3) is 10.6 Å². The van der Waals surface area contributed by atoms with Crippen molar-refractivity contribution in [3.05, 3.63) is 68.2 Å². The molecule has 126 valence electrons. The van der Waals surface area contributed by atoms with Gasteiger partial charge < -0.3 is 0 Å². The molecule has 0 spiro atoms. The van der Waals surface area contributed by atoms with Gasteiger partial charge >= 0.3 is 0 Å². The van der Waals surface area contributed by atoms with Crippen molar-refractivity contribution in [1.29, 1.82) is 0 Å². The minimum Gasteiger partial charge on any atom is -0.276 e. The topological polar surface area (TPSA) is 113 Å². The zero-order chi connectivity index (χ0) is 17.8. The number of nitro groups is 1. The van der Waals surface area contributed by atoms with Crippen molar-refractivity contribution in [3.8, 4) is 10.6 Å². The van der Waals surface area contributed by atoms with Gasteiger partial charge in [0.15, 0.2) is 5.69 Å². The Morgan fingerprint density at radius 1 is 1.40 bits per heavy atom. The number of carbonyl (C=O) groups excluding carboxylic acids is 1. The second-order valence-corrected chi connectivity index (χ2v) is 6.16. The predicted molar refractivity (Wildman–Crippen MR) is 95.1 cm³/mol. The third-order valence-corrected chi connectivity index (χ3v) is 4.40. The molecule has 25 heavy (non-hydrogen) atoms. The summed E-state index contributed by atoms with van der Waals surface area (Å²) in [5.74, 6) is -0.517. The van der Waals surface area contributed by atoms with Gasteiger partial charge in [-0.25, -0.2) is 5.43 Å². The molecule has 3 aromatic rings. The quantitative estimate of drug-likeness (QED) is 0.403. The highest BCUT2D eigenvalue weighted by Crippen LogP contribution is 2.23. The number of hydrazone groups is 1. The van der Waals surface area contributed by atoms with Crippen LogP contribution in [-0.2, 0) is 0 Å². The van der Waals surface area contributed by atoms with Gasteiger partial charge in [0.05, 0.1) is 21.7 Å². The predicted octanol–water partition coefficient (Wildman–Crippen LogP) is 3.46. The van der Waals surface area contributed by atoms with E-state index in [1.54, 1.807) is 6.07 Å². The van der Waals surface area contributed by atoms with E-state index in [0.717, 1.165) is 10.6 Å². The van der Waals surface area contributed by atoms with Crippen LogP contribution in [0.1, 0.15) is 16.1 Å². The number of nitrogens with zero attached hydrogens (tertiary/aromatic N) is 3. The van der Waals surface area contributed by atoms with E-state index in [0.29, 0.717) is 5.56 Å². The normalized spacial score (nSPS) is 10.9. The third kappa shape index (κ3) is 3.90. The first-order chi connectivity index (χ1) is 12.0. The van der Waals surface area contributed by atoms with Crippen LogP contribution in [0, 0.1) is 10.1 Å². The van der Waals surface area contributed by atoms with Crippen LogP contribution in [0.5, 0.6) is 0 Å². The number of hydrogen-bond acceptors (Lipinski definition) is 6. The number of benzene rings is 1. The van der Waals surface area contributed by atoms with Crippen molar-refractivity contribution in [2.45, 2.75) is 0 Å². The molecule has 0 saturated carbocycles. The third-order valence-electron chi connectivity index (χ3n) is 3.16. The summed E-state index contributed by atoms with van der Waals surface area (Å²) in [6, 6.07) is 9.35. The summed E-state index contributed by atoms with van der Waals surface area (Å²) in [5, 5.41) is 23.4. The van der Waals surface area contributed by atoms with Gasteiger partial charge in [-0.2, -0.15) is 10.2 Å². The number of non-ortho nitro benzene ring substituents is 1. The average Bonchev–Trinajstić information content (AvgIpc) is 3.27. The summed E-state index contributed by atoms with van der Waals surface area (Å²) in [6.07, 6.45) is 1.24. The van der Waals surface area contributed by atoms with Crippen LogP contribution in [-0.4, -0.2) is 27.2 Å². The van der Waals surface area contributed by atoms with Crippen LogP contribution in [0.15, 0.2) is 46.9 Å². The van der Waals surface area contributed by atoms with Crippen molar-refractivity contribution in [1.82, 2.24) is 15.6 Å². The Labute approximate surface area is 150 Å². The monoisotopic (exact) mass is 375 g/mol. The molecule has 0 aliphatic rings. The molecule has 0 fully saturated rings. The Morgan fingerprint density at radius 2 is 2.24 bits per heavy atom. The average molecular weight is 376 g/mol. The van der Waals surface area contributed by atoms with Crippen molar-refractivity contribution in [2.24, 2.45) is 5.10 Å². The van der Waals surface area contributed by atoms with Gasteiger partial charge in [-0.3, -0.25) is 20.0 Å². The number of rotatable bonds is 5. The molecule has 2 N–H and O–H groups in total. The SMILES string of the molecule is O=C(N/N=C/c1cc([N+](=O)[O-])ccc1Cl)c1cc(-c2cccs2)[nH]n1. The maximum absolute atomic E-state index is 12.0. The smallest absolute Gasteiger partial charge is 0.276 e. The number of hydrogen-bond donors (Lipinski definition) is 2. The lowest BCUT2D eigenvalue weighted by molar-refractivity contribution is -0.384. The Hall–Kier alpha value is -3.04. The lowest BCUT2D eigenvalue weighted by Gasteiger charge is -1.98. The summed E-state index contributed by atoms with van der Waals surface area (Å²) in [5.41, 5.74) is 3.40. The van der Waals surface area contributed by atoms with E-state index in [1.807, 2.05) is 17.5 Å². The molecular weight excluding hydrogens is 366 g/mol. The number of halogens is 1. The number of H-pyrrole nitrogens is 1. The molecule has 0 unspecified atom stereocenters. The molecule has 0 saturated heterocycles. The number of thiophene rings is 1. The summed E-state index contributed by atoms with van der Waals surface area (Å²) in [4.78, 5) is 23.2. The molecule has 0 aliphatic heterocycles. The first kappa shape index (κ1) is 16.8. The highest BCUT2D eigenvalue weighted by molar-refractivity contribution is 7.13. The Kier molecular flexibility index (Phi) is 4.87. The number of carbonyl (C=O) groups is 1. The summed E-state index contributed by atoms with van der Waals surface area (Å²) in [7, 11) is 0. The molecule has 1 aromatic carbocycles. The van der Waals surface area contributed by atoms with Gasteiger partial charge in [-0.15, -0.1) is 11.3 Å². The first-order valence-electron chi connectivity index (χ1n) is 6.91.